The molecule has 1 rings (SSSR count). The van der Waals surface area contributed by atoms with Gasteiger partial charge in [-0.25, -0.2) is 0 Å². The van der Waals surface area contributed by atoms with Gasteiger partial charge in [0.25, 0.3) is 0 Å². The van der Waals surface area contributed by atoms with E-state index in [1.807, 2.05) is 0 Å². The first-order chi connectivity index (χ1) is 3.00. The Morgan fingerprint density at radius 2 is 1.83 bits per heavy atom. The molecule has 0 atom stereocenters. The van der Waals surface area contributed by atoms with E-state index in [2.05, 4.69) is 11.7 Å². The fourth-order valence-electron chi connectivity index (χ4n) is 0.678. The molecule has 0 aromatic heterocycles. The van der Waals surface area contributed by atoms with E-state index in [4.69, 9.17) is 0 Å². The Labute approximate surface area is 38.7 Å². The van der Waals surface area contributed by atoms with Gasteiger partial charge in [-0.05, 0) is 32.4 Å². The second-order valence-electron chi connectivity index (χ2n) is 1.62. The van der Waals surface area contributed by atoms with E-state index in [0.717, 1.165) is 0 Å². The van der Waals surface area contributed by atoms with Crippen molar-refractivity contribution in [1.82, 2.24) is 5.32 Å². The van der Waals surface area contributed by atoms with E-state index >= 15 is 0 Å². The van der Waals surface area contributed by atoms with Gasteiger partial charge in [0.1, 0.15) is 0 Å². The zero-order valence-electron chi connectivity index (χ0n) is 3.91. The van der Waals surface area contributed by atoms with Crippen LogP contribution in [0.5, 0.6) is 0 Å². The summed E-state index contributed by atoms with van der Waals surface area (Å²) in [4.78, 5) is 0. The zero-order chi connectivity index (χ0) is 4.24. The van der Waals surface area contributed by atoms with Crippen LogP contribution in [0.4, 0.5) is 0 Å². The molecule has 1 radical (unpaired) electrons. The maximum atomic E-state index is 3.25. The monoisotopic (exact) mass is 84.1 g/mol. The van der Waals surface area contributed by atoms with Gasteiger partial charge >= 0.3 is 0 Å². The van der Waals surface area contributed by atoms with Crippen molar-refractivity contribution in [3.8, 4) is 0 Å². The van der Waals surface area contributed by atoms with E-state index in [0.29, 0.717) is 0 Å². The Hall–Kier alpha value is -0.0400. The molecule has 1 fully saturated rings. The van der Waals surface area contributed by atoms with E-state index in [1.165, 1.54) is 25.9 Å². The predicted octanol–water partition coefficient (Wildman–Crippen LogP) is 0.574. The minimum absolute atomic E-state index is 1.19. The SMILES string of the molecule is [CH]1CCNCC1. The molecule has 0 aromatic carbocycles. The maximum Gasteiger partial charge on any atom is -0.00462 e. The first kappa shape index (κ1) is 4.13. The van der Waals surface area contributed by atoms with Crippen LogP contribution in [-0.2, 0) is 0 Å². The average Bonchev–Trinajstić information content (AvgIpc) is 1.72. The molecule has 0 spiro atoms. The van der Waals surface area contributed by atoms with Gasteiger partial charge in [0.15, 0.2) is 0 Å². The number of rotatable bonds is 0. The van der Waals surface area contributed by atoms with Crippen LogP contribution < -0.4 is 5.32 Å². The van der Waals surface area contributed by atoms with Crippen molar-refractivity contribution in [3.05, 3.63) is 6.42 Å². The van der Waals surface area contributed by atoms with Gasteiger partial charge in [0.05, 0.1) is 0 Å². The fourth-order valence-corrected chi connectivity index (χ4v) is 0.678. The topological polar surface area (TPSA) is 12.0 Å². The lowest BCUT2D eigenvalue weighted by atomic mass is 10.2. The standard InChI is InChI=1S/C5H10N/c1-2-4-6-5-3-1/h1,6H,2-5H2. The zero-order valence-corrected chi connectivity index (χ0v) is 3.91. The molecule has 1 heterocycles. The summed E-state index contributed by atoms with van der Waals surface area (Å²) in [7, 11) is 0. The van der Waals surface area contributed by atoms with Crippen molar-refractivity contribution in [2.75, 3.05) is 13.1 Å². The summed E-state index contributed by atoms with van der Waals surface area (Å²) >= 11 is 0. The van der Waals surface area contributed by atoms with Crippen molar-refractivity contribution in [3.63, 3.8) is 0 Å². The molecule has 1 nitrogen and oxygen atoms in total. The van der Waals surface area contributed by atoms with Crippen molar-refractivity contribution in [2.45, 2.75) is 12.8 Å². The predicted molar refractivity (Wildman–Crippen MR) is 26.4 cm³/mol. The highest BCUT2D eigenvalue weighted by Gasteiger charge is 1.94. The average molecular weight is 84.1 g/mol. The second kappa shape index (κ2) is 2.19. The summed E-state index contributed by atoms with van der Waals surface area (Å²) in [5, 5.41) is 3.25. The third-order valence-corrected chi connectivity index (χ3v) is 1.05. The van der Waals surface area contributed by atoms with Gasteiger partial charge in [0.2, 0.25) is 0 Å². The molecule has 1 aliphatic rings. The van der Waals surface area contributed by atoms with Crippen LogP contribution in [0.15, 0.2) is 0 Å². The Morgan fingerprint density at radius 1 is 1.17 bits per heavy atom. The van der Waals surface area contributed by atoms with Crippen LogP contribution in [0, 0.1) is 6.42 Å². The lowest BCUT2D eigenvalue weighted by molar-refractivity contribution is 0.604. The van der Waals surface area contributed by atoms with Crippen molar-refractivity contribution >= 4 is 0 Å². The highest BCUT2D eigenvalue weighted by Crippen LogP contribution is 1.94. The van der Waals surface area contributed by atoms with Crippen molar-refractivity contribution < 1.29 is 0 Å². The maximum absolute atomic E-state index is 3.25. The second-order valence-corrected chi connectivity index (χ2v) is 1.62. The summed E-state index contributed by atoms with van der Waals surface area (Å²) in [5.41, 5.74) is 0. The lowest BCUT2D eigenvalue weighted by Gasteiger charge is -2.08. The van der Waals surface area contributed by atoms with Gasteiger partial charge in [-0.3, -0.25) is 0 Å². The normalized spacial score (nSPS) is 24.0. The van der Waals surface area contributed by atoms with Crippen LogP contribution in [0.3, 0.4) is 0 Å². The van der Waals surface area contributed by atoms with Gasteiger partial charge < -0.3 is 5.32 Å². The first-order valence-electron chi connectivity index (χ1n) is 2.52. The third-order valence-electron chi connectivity index (χ3n) is 1.05. The number of hydrogen-bond acceptors (Lipinski definition) is 1. The number of hydrogen-bond donors (Lipinski definition) is 1. The summed E-state index contributed by atoms with van der Waals surface area (Å²) in [6.07, 6.45) is 4.86. The molecule has 6 heavy (non-hydrogen) atoms. The van der Waals surface area contributed by atoms with Gasteiger partial charge in [0, 0.05) is 0 Å². The first-order valence-corrected chi connectivity index (χ1v) is 2.52. The Bertz CT molecular complexity index is 19.4. The smallest absolute Gasteiger partial charge is 0.00462 e. The van der Waals surface area contributed by atoms with Crippen molar-refractivity contribution in [2.24, 2.45) is 0 Å². The van der Waals surface area contributed by atoms with Crippen LogP contribution in [0.1, 0.15) is 12.8 Å². The molecule has 1 aliphatic heterocycles. The van der Waals surface area contributed by atoms with Crippen LogP contribution in [0.25, 0.3) is 0 Å². The lowest BCUT2D eigenvalue weighted by Crippen LogP contribution is -2.21. The fraction of sp³-hybridized carbons (Fsp3) is 0.800. The third kappa shape index (κ3) is 0.977. The molecule has 1 saturated heterocycles. The van der Waals surface area contributed by atoms with Gasteiger partial charge in [-0.15, -0.1) is 0 Å². The molecule has 0 aliphatic carbocycles. The largest absolute Gasteiger partial charge is 0.317 e. The van der Waals surface area contributed by atoms with Crippen LogP contribution in [0.2, 0.25) is 0 Å². The molecular weight excluding hydrogens is 74.1 g/mol. The minimum Gasteiger partial charge on any atom is -0.317 e. The Kier molecular flexibility index (Phi) is 1.51. The quantitative estimate of drug-likeness (QED) is 0.452. The molecule has 0 amide bonds. The molecule has 0 saturated carbocycles. The molecule has 0 bridgehead atoms. The van der Waals surface area contributed by atoms with Crippen LogP contribution >= 0.6 is 0 Å². The molecule has 0 aromatic rings. The summed E-state index contributed by atoms with van der Waals surface area (Å²) in [6, 6.07) is 0. The molecule has 0 unspecified atom stereocenters. The minimum atomic E-state index is 1.19. The molecule has 1 N–H and O–H groups in total. The molecule has 35 valence electrons. The highest BCUT2D eigenvalue weighted by molar-refractivity contribution is 4.72. The van der Waals surface area contributed by atoms with Crippen molar-refractivity contribution in [1.29, 1.82) is 0 Å². The van der Waals surface area contributed by atoms with E-state index < -0.39 is 0 Å². The molecule has 1 heteroatoms. The number of piperidine rings is 1. The van der Waals surface area contributed by atoms with Gasteiger partial charge in [-0.1, -0.05) is 0 Å². The van der Waals surface area contributed by atoms with Crippen LogP contribution in [-0.4, -0.2) is 13.1 Å². The Balaban J connectivity index is 2.00. The molecular formula is C5H10N. The highest BCUT2D eigenvalue weighted by atomic mass is 14.9. The Morgan fingerprint density at radius 3 is 2.00 bits per heavy atom. The number of nitrogens with one attached hydrogen (secondary N) is 1. The van der Waals surface area contributed by atoms with E-state index in [-0.39, 0.29) is 0 Å². The summed E-state index contributed by atoms with van der Waals surface area (Å²) in [6.45, 7) is 2.39. The van der Waals surface area contributed by atoms with E-state index in [9.17, 15) is 0 Å². The van der Waals surface area contributed by atoms with Gasteiger partial charge in [-0.2, -0.15) is 0 Å². The van der Waals surface area contributed by atoms with E-state index in [1.54, 1.807) is 0 Å². The summed E-state index contributed by atoms with van der Waals surface area (Å²) in [5.74, 6) is 0. The summed E-state index contributed by atoms with van der Waals surface area (Å²) < 4.78 is 0.